The van der Waals surface area contributed by atoms with Crippen LogP contribution in [0.4, 0.5) is 0 Å². The molecule has 0 aromatic heterocycles. The predicted octanol–water partition coefficient (Wildman–Crippen LogP) is 3.58. The van der Waals surface area contributed by atoms with Crippen molar-refractivity contribution in [1.82, 2.24) is 10.2 Å². The lowest BCUT2D eigenvalue weighted by atomic mass is 10.1. The van der Waals surface area contributed by atoms with E-state index in [0.29, 0.717) is 37.6 Å². The van der Waals surface area contributed by atoms with E-state index in [1.54, 1.807) is 7.11 Å². The Hall–Kier alpha value is -2.34. The molecule has 1 heterocycles. The first-order valence-electron chi connectivity index (χ1n) is 11.5. The van der Waals surface area contributed by atoms with Crippen LogP contribution >= 0.6 is 0 Å². The zero-order chi connectivity index (χ0) is 22.6. The first-order valence-corrected chi connectivity index (χ1v) is 11.5. The Balaban J connectivity index is 1.80. The first kappa shape index (κ1) is 24.9. The van der Waals surface area contributed by atoms with Crippen LogP contribution in [0.2, 0.25) is 0 Å². The van der Waals surface area contributed by atoms with Gasteiger partial charge in [0.05, 0.1) is 13.5 Å². The lowest BCUT2D eigenvalue weighted by Gasteiger charge is -2.24. The maximum Gasteiger partial charge on any atom is 0.227 e. The summed E-state index contributed by atoms with van der Waals surface area (Å²) >= 11 is 0. The van der Waals surface area contributed by atoms with E-state index in [0.717, 1.165) is 49.8 Å². The number of unbranched alkanes of at least 4 members (excludes halogenated alkanes) is 2. The van der Waals surface area contributed by atoms with E-state index in [2.05, 4.69) is 31.3 Å². The molecule has 1 saturated heterocycles. The molecule has 1 atom stereocenters. The highest BCUT2D eigenvalue weighted by Gasteiger charge is 2.27. The van der Waals surface area contributed by atoms with Gasteiger partial charge in [-0.05, 0) is 49.7 Å². The molecule has 6 nitrogen and oxygen atoms in total. The van der Waals surface area contributed by atoms with Gasteiger partial charge in [0.25, 0.3) is 0 Å². The van der Waals surface area contributed by atoms with Crippen molar-refractivity contribution in [3.63, 3.8) is 0 Å². The van der Waals surface area contributed by atoms with Crippen LogP contribution in [0.5, 0.6) is 5.75 Å². The van der Waals surface area contributed by atoms with Gasteiger partial charge in [-0.3, -0.25) is 9.59 Å². The van der Waals surface area contributed by atoms with Crippen molar-refractivity contribution >= 4 is 11.8 Å². The van der Waals surface area contributed by atoms with Gasteiger partial charge < -0.3 is 20.7 Å². The predicted molar refractivity (Wildman–Crippen MR) is 125 cm³/mol. The molecule has 3 N–H and O–H groups in total. The Morgan fingerprint density at radius 2 is 2.13 bits per heavy atom. The number of hydrogen-bond donors (Lipinski definition) is 2. The van der Waals surface area contributed by atoms with Gasteiger partial charge in [0, 0.05) is 37.7 Å². The van der Waals surface area contributed by atoms with Gasteiger partial charge in [-0.25, -0.2) is 0 Å². The molecule has 0 saturated carbocycles. The number of carbonyl (C=O) groups is 2. The number of hydrogen-bond acceptors (Lipinski definition) is 4. The number of benzene rings is 1. The lowest BCUT2D eigenvalue weighted by molar-refractivity contribution is -0.131. The van der Waals surface area contributed by atoms with Crippen LogP contribution in [0.15, 0.2) is 30.4 Å². The van der Waals surface area contributed by atoms with Crippen LogP contribution in [-0.4, -0.2) is 43.0 Å². The minimum atomic E-state index is 0.0629. The SMILES string of the molecule is COc1cc(CNC(=O)CCCC/C=C/C(C)C)ccc1CC(=O)N1CCCC1CN. The molecule has 1 aromatic carbocycles. The summed E-state index contributed by atoms with van der Waals surface area (Å²) in [6, 6.07) is 5.93. The first-order chi connectivity index (χ1) is 14.9. The topological polar surface area (TPSA) is 84.7 Å². The van der Waals surface area contributed by atoms with Gasteiger partial charge in [-0.2, -0.15) is 0 Å². The number of allylic oxidation sites excluding steroid dienone is 2. The summed E-state index contributed by atoms with van der Waals surface area (Å²) in [7, 11) is 1.61. The molecule has 2 amide bonds. The second-order valence-corrected chi connectivity index (χ2v) is 8.64. The lowest BCUT2D eigenvalue weighted by Crippen LogP contribution is -2.40. The molecule has 0 aliphatic carbocycles. The van der Waals surface area contributed by atoms with Crippen molar-refractivity contribution in [3.05, 3.63) is 41.5 Å². The Morgan fingerprint density at radius 1 is 1.32 bits per heavy atom. The summed E-state index contributed by atoms with van der Waals surface area (Å²) in [6.07, 6.45) is 10.2. The molecule has 0 radical (unpaired) electrons. The normalized spacial score (nSPS) is 16.3. The fraction of sp³-hybridized carbons (Fsp3) is 0.600. The van der Waals surface area contributed by atoms with Crippen molar-refractivity contribution < 1.29 is 14.3 Å². The van der Waals surface area contributed by atoms with Crippen molar-refractivity contribution in [1.29, 1.82) is 0 Å². The zero-order valence-electron chi connectivity index (χ0n) is 19.4. The molecule has 2 rings (SSSR count). The molecule has 31 heavy (non-hydrogen) atoms. The molecule has 172 valence electrons. The van der Waals surface area contributed by atoms with Gasteiger partial charge in [0.2, 0.25) is 11.8 Å². The van der Waals surface area contributed by atoms with Gasteiger partial charge in [-0.1, -0.05) is 38.1 Å². The van der Waals surface area contributed by atoms with E-state index < -0.39 is 0 Å². The van der Waals surface area contributed by atoms with Crippen molar-refractivity contribution in [2.75, 3.05) is 20.2 Å². The molecular formula is C25H39N3O3. The summed E-state index contributed by atoms with van der Waals surface area (Å²) in [5.74, 6) is 1.41. The van der Waals surface area contributed by atoms with Crippen LogP contribution in [0.1, 0.15) is 63.5 Å². The number of likely N-dealkylation sites (tertiary alicyclic amines) is 1. The van der Waals surface area contributed by atoms with Crippen LogP contribution in [0.25, 0.3) is 0 Å². The van der Waals surface area contributed by atoms with E-state index in [9.17, 15) is 9.59 Å². The second kappa shape index (κ2) is 13.2. The molecule has 1 aliphatic rings. The van der Waals surface area contributed by atoms with Gasteiger partial charge in [0.1, 0.15) is 5.75 Å². The van der Waals surface area contributed by atoms with E-state index >= 15 is 0 Å². The minimum absolute atomic E-state index is 0.0629. The van der Waals surface area contributed by atoms with Gasteiger partial charge in [0.15, 0.2) is 0 Å². The molecule has 1 aliphatic heterocycles. The number of nitrogens with one attached hydrogen (secondary N) is 1. The van der Waals surface area contributed by atoms with Crippen molar-refractivity contribution in [2.45, 2.75) is 71.4 Å². The van der Waals surface area contributed by atoms with E-state index in [-0.39, 0.29) is 17.9 Å². The maximum atomic E-state index is 12.7. The number of nitrogens with two attached hydrogens (primary N) is 1. The summed E-state index contributed by atoms with van der Waals surface area (Å²) in [5.41, 5.74) is 7.62. The average molecular weight is 430 g/mol. The fourth-order valence-electron chi connectivity index (χ4n) is 3.92. The van der Waals surface area contributed by atoms with Gasteiger partial charge in [-0.15, -0.1) is 0 Å². The number of methoxy groups -OCH3 is 1. The second-order valence-electron chi connectivity index (χ2n) is 8.64. The highest BCUT2D eigenvalue weighted by atomic mass is 16.5. The standard InChI is InChI=1S/C25H39N3O3/c1-19(2)9-6-4-5-7-11-24(29)27-18-20-12-13-21(23(15-20)31-3)16-25(30)28-14-8-10-22(28)17-26/h6,9,12-13,15,19,22H,4-5,7-8,10-11,14,16-18,26H2,1-3H3,(H,27,29)/b9-6+. The largest absolute Gasteiger partial charge is 0.496 e. The highest BCUT2D eigenvalue weighted by molar-refractivity contribution is 5.80. The summed E-state index contributed by atoms with van der Waals surface area (Å²) in [6.45, 7) is 6.07. The summed E-state index contributed by atoms with van der Waals surface area (Å²) in [4.78, 5) is 26.7. The van der Waals surface area contributed by atoms with Gasteiger partial charge >= 0.3 is 0 Å². The summed E-state index contributed by atoms with van der Waals surface area (Å²) in [5, 5.41) is 2.98. The number of amides is 2. The monoisotopic (exact) mass is 429 g/mol. The third-order valence-corrected chi connectivity index (χ3v) is 5.70. The fourth-order valence-corrected chi connectivity index (χ4v) is 3.92. The van der Waals surface area contributed by atoms with Crippen LogP contribution < -0.4 is 15.8 Å². The zero-order valence-corrected chi connectivity index (χ0v) is 19.4. The average Bonchev–Trinajstić information content (AvgIpc) is 3.24. The van der Waals surface area contributed by atoms with Crippen LogP contribution in [0.3, 0.4) is 0 Å². The molecule has 0 bridgehead atoms. The third-order valence-electron chi connectivity index (χ3n) is 5.70. The Labute approximate surface area is 187 Å². The third kappa shape index (κ3) is 8.37. The van der Waals surface area contributed by atoms with E-state index in [1.165, 1.54) is 0 Å². The molecule has 6 heteroatoms. The number of rotatable bonds is 12. The number of nitrogens with zero attached hydrogens (tertiary/aromatic N) is 1. The maximum absolute atomic E-state index is 12.7. The summed E-state index contributed by atoms with van der Waals surface area (Å²) < 4.78 is 5.51. The molecule has 1 aromatic rings. The Kier molecular flexibility index (Phi) is 10.6. The van der Waals surface area contributed by atoms with Crippen molar-refractivity contribution in [2.24, 2.45) is 11.7 Å². The Morgan fingerprint density at radius 3 is 2.84 bits per heavy atom. The minimum Gasteiger partial charge on any atom is -0.496 e. The van der Waals surface area contributed by atoms with Crippen LogP contribution in [0, 0.1) is 5.92 Å². The van der Waals surface area contributed by atoms with E-state index in [1.807, 2.05) is 23.1 Å². The molecule has 1 unspecified atom stereocenters. The van der Waals surface area contributed by atoms with Crippen molar-refractivity contribution in [3.8, 4) is 5.75 Å². The molecular weight excluding hydrogens is 390 g/mol. The van der Waals surface area contributed by atoms with Crippen LogP contribution in [-0.2, 0) is 22.6 Å². The number of ether oxygens (including phenoxy) is 1. The molecule has 0 spiro atoms. The highest BCUT2D eigenvalue weighted by Crippen LogP contribution is 2.24. The smallest absolute Gasteiger partial charge is 0.227 e. The van der Waals surface area contributed by atoms with E-state index in [4.69, 9.17) is 10.5 Å². The quantitative estimate of drug-likeness (QED) is 0.393. The molecule has 1 fully saturated rings. The Bertz CT molecular complexity index is 746. The number of carbonyl (C=O) groups excluding carboxylic acids is 2.